The maximum Gasteiger partial charge on any atom is 0.251 e. The molecule has 1 aromatic heterocycles. The van der Waals surface area contributed by atoms with Gasteiger partial charge in [-0.05, 0) is 34.7 Å². The molecule has 0 N–H and O–H groups in total. The smallest absolute Gasteiger partial charge is 0.251 e. The normalized spacial score (nSPS) is 12.4. The molecular formula is C17H21NO3S. The van der Waals surface area contributed by atoms with E-state index in [0.717, 1.165) is 11.1 Å². The van der Waals surface area contributed by atoms with Crippen molar-refractivity contribution in [3.05, 3.63) is 64.1 Å². The Morgan fingerprint density at radius 3 is 2.32 bits per heavy atom. The minimum atomic E-state index is -3.24. The lowest BCUT2D eigenvalue weighted by Crippen LogP contribution is -2.23. The lowest BCUT2D eigenvalue weighted by Gasteiger charge is -2.19. The maximum absolute atomic E-state index is 12.2. The Hall–Kier alpha value is -1.88. The van der Waals surface area contributed by atoms with E-state index in [1.807, 2.05) is 12.1 Å². The van der Waals surface area contributed by atoms with Gasteiger partial charge in [0, 0.05) is 18.5 Å². The first kappa shape index (κ1) is 16.5. The highest BCUT2D eigenvalue weighted by Crippen LogP contribution is 2.20. The molecule has 2 rings (SSSR count). The van der Waals surface area contributed by atoms with Gasteiger partial charge in [-0.25, -0.2) is 8.42 Å². The molecule has 118 valence electrons. The molecule has 0 aliphatic rings. The van der Waals surface area contributed by atoms with E-state index in [1.54, 1.807) is 35.0 Å². The average Bonchev–Trinajstić information content (AvgIpc) is 2.39. The van der Waals surface area contributed by atoms with Crippen LogP contribution in [0.1, 0.15) is 31.9 Å². The molecular weight excluding hydrogens is 298 g/mol. The summed E-state index contributed by atoms with van der Waals surface area (Å²) in [5, 5.41) is 0. The van der Waals surface area contributed by atoms with Gasteiger partial charge < -0.3 is 4.57 Å². The van der Waals surface area contributed by atoms with Crippen LogP contribution in [-0.4, -0.2) is 19.2 Å². The van der Waals surface area contributed by atoms with Crippen LogP contribution in [0.4, 0.5) is 0 Å². The first-order valence-corrected chi connectivity index (χ1v) is 8.96. The van der Waals surface area contributed by atoms with E-state index < -0.39 is 9.84 Å². The zero-order valence-electron chi connectivity index (χ0n) is 13.3. The number of hydrogen-bond donors (Lipinski definition) is 0. The fraction of sp³-hybridized carbons (Fsp3) is 0.353. The molecule has 5 heteroatoms. The minimum absolute atomic E-state index is 0.0749. The fourth-order valence-electron chi connectivity index (χ4n) is 2.18. The number of benzene rings is 1. The molecule has 0 saturated carbocycles. The van der Waals surface area contributed by atoms with Gasteiger partial charge in [0.2, 0.25) is 0 Å². The van der Waals surface area contributed by atoms with Crippen LogP contribution in [0.5, 0.6) is 0 Å². The average molecular weight is 319 g/mol. The van der Waals surface area contributed by atoms with Crippen LogP contribution in [0.15, 0.2) is 52.3 Å². The topological polar surface area (TPSA) is 56.1 Å². The van der Waals surface area contributed by atoms with Crippen LogP contribution in [-0.2, 0) is 21.8 Å². The Bertz CT molecular complexity index is 843. The zero-order chi connectivity index (χ0) is 16.5. The molecule has 0 unspecified atom stereocenters. The predicted molar refractivity (Wildman–Crippen MR) is 88.1 cm³/mol. The highest BCUT2D eigenvalue weighted by atomic mass is 32.2. The minimum Gasteiger partial charge on any atom is -0.311 e. The van der Waals surface area contributed by atoms with Crippen LogP contribution < -0.4 is 5.56 Å². The Balaban J connectivity index is 2.35. The van der Waals surface area contributed by atoms with Crippen molar-refractivity contribution in [1.82, 2.24) is 4.57 Å². The number of aromatic nitrogens is 1. The molecule has 1 aromatic carbocycles. The molecule has 0 bridgehead atoms. The van der Waals surface area contributed by atoms with E-state index >= 15 is 0 Å². The maximum atomic E-state index is 12.2. The van der Waals surface area contributed by atoms with E-state index in [-0.39, 0.29) is 15.9 Å². The second-order valence-electron chi connectivity index (χ2n) is 6.55. The van der Waals surface area contributed by atoms with Crippen LogP contribution in [0.3, 0.4) is 0 Å². The van der Waals surface area contributed by atoms with Crippen molar-refractivity contribution in [3.8, 4) is 0 Å². The van der Waals surface area contributed by atoms with Gasteiger partial charge in [0.05, 0.1) is 11.4 Å². The zero-order valence-corrected chi connectivity index (χ0v) is 14.1. The first-order chi connectivity index (χ1) is 10.1. The van der Waals surface area contributed by atoms with E-state index in [2.05, 4.69) is 20.8 Å². The monoisotopic (exact) mass is 319 g/mol. The molecule has 0 amide bonds. The van der Waals surface area contributed by atoms with Gasteiger partial charge in [-0.15, -0.1) is 0 Å². The molecule has 0 aliphatic carbocycles. The predicted octanol–water partition coefficient (Wildman–Crippen LogP) is 2.60. The van der Waals surface area contributed by atoms with Gasteiger partial charge in [-0.2, -0.15) is 0 Å². The van der Waals surface area contributed by atoms with Crippen molar-refractivity contribution in [2.45, 2.75) is 37.6 Å². The summed E-state index contributed by atoms with van der Waals surface area (Å²) in [7, 11) is -3.24. The van der Waals surface area contributed by atoms with Crippen molar-refractivity contribution in [2.75, 3.05) is 6.26 Å². The number of pyridine rings is 1. The lowest BCUT2D eigenvalue weighted by atomic mass is 9.88. The summed E-state index contributed by atoms with van der Waals surface area (Å²) < 4.78 is 24.8. The van der Waals surface area contributed by atoms with E-state index in [1.165, 1.54) is 6.26 Å². The third-order valence-corrected chi connectivity index (χ3v) is 4.65. The van der Waals surface area contributed by atoms with Gasteiger partial charge in [0.1, 0.15) is 0 Å². The number of rotatable bonds is 3. The molecule has 0 aliphatic heterocycles. The Kier molecular flexibility index (Phi) is 4.29. The van der Waals surface area contributed by atoms with Crippen LogP contribution >= 0.6 is 0 Å². The van der Waals surface area contributed by atoms with Gasteiger partial charge in [-0.1, -0.05) is 32.9 Å². The Labute approximate surface area is 131 Å². The Morgan fingerprint density at radius 1 is 1.09 bits per heavy atom. The summed E-state index contributed by atoms with van der Waals surface area (Å²) in [5.41, 5.74) is 1.61. The summed E-state index contributed by atoms with van der Waals surface area (Å²) >= 11 is 0. The second-order valence-corrected chi connectivity index (χ2v) is 8.57. The highest BCUT2D eigenvalue weighted by molar-refractivity contribution is 7.90. The third-order valence-electron chi connectivity index (χ3n) is 3.54. The highest BCUT2D eigenvalue weighted by Gasteiger charge is 2.14. The largest absolute Gasteiger partial charge is 0.311 e. The van der Waals surface area contributed by atoms with E-state index in [9.17, 15) is 13.2 Å². The number of hydrogen-bond acceptors (Lipinski definition) is 3. The summed E-state index contributed by atoms with van der Waals surface area (Å²) in [4.78, 5) is 12.5. The number of sulfone groups is 1. The molecule has 0 fully saturated rings. The molecule has 0 atom stereocenters. The molecule has 2 aromatic rings. The third kappa shape index (κ3) is 3.85. The standard InChI is InChI=1S/C17H21NO3S/c1-17(2,3)14-8-9-18(16(19)11-14)12-13-6-5-7-15(10-13)22(4,20)21/h5-11H,12H2,1-4H3. The summed E-state index contributed by atoms with van der Waals surface area (Å²) in [6.07, 6.45) is 2.94. The van der Waals surface area contributed by atoms with Gasteiger partial charge in [0.15, 0.2) is 9.84 Å². The van der Waals surface area contributed by atoms with Crippen molar-refractivity contribution < 1.29 is 8.42 Å². The molecule has 0 radical (unpaired) electrons. The van der Waals surface area contributed by atoms with Crippen molar-refractivity contribution in [2.24, 2.45) is 0 Å². The molecule has 0 saturated heterocycles. The first-order valence-electron chi connectivity index (χ1n) is 7.07. The van der Waals surface area contributed by atoms with Gasteiger partial charge in [0.25, 0.3) is 5.56 Å². The van der Waals surface area contributed by atoms with Crippen molar-refractivity contribution in [3.63, 3.8) is 0 Å². The molecule has 22 heavy (non-hydrogen) atoms. The SMILES string of the molecule is CC(C)(C)c1ccn(Cc2cccc(S(C)(=O)=O)c2)c(=O)c1. The lowest BCUT2D eigenvalue weighted by molar-refractivity contribution is 0.583. The van der Waals surface area contributed by atoms with Gasteiger partial charge >= 0.3 is 0 Å². The van der Waals surface area contributed by atoms with E-state index in [4.69, 9.17) is 0 Å². The second kappa shape index (κ2) is 5.72. The van der Waals surface area contributed by atoms with Crippen LogP contribution in [0.2, 0.25) is 0 Å². The summed E-state index contributed by atoms with van der Waals surface area (Å²) in [6, 6.07) is 10.3. The van der Waals surface area contributed by atoms with Crippen molar-refractivity contribution in [1.29, 1.82) is 0 Å². The molecule has 4 nitrogen and oxygen atoms in total. The van der Waals surface area contributed by atoms with Crippen LogP contribution in [0.25, 0.3) is 0 Å². The summed E-state index contributed by atoms with van der Waals surface area (Å²) in [6.45, 7) is 6.53. The summed E-state index contributed by atoms with van der Waals surface area (Å²) in [5.74, 6) is 0. The van der Waals surface area contributed by atoms with Crippen LogP contribution in [0, 0.1) is 0 Å². The van der Waals surface area contributed by atoms with E-state index in [0.29, 0.717) is 6.54 Å². The fourth-order valence-corrected chi connectivity index (χ4v) is 2.87. The number of nitrogens with zero attached hydrogens (tertiary/aromatic N) is 1. The van der Waals surface area contributed by atoms with Crippen molar-refractivity contribution >= 4 is 9.84 Å². The Morgan fingerprint density at radius 2 is 1.77 bits per heavy atom. The van der Waals surface area contributed by atoms with Gasteiger partial charge in [-0.3, -0.25) is 4.79 Å². The quantitative estimate of drug-likeness (QED) is 0.874. The molecule has 0 spiro atoms. The molecule has 1 heterocycles.